The fourth-order valence-corrected chi connectivity index (χ4v) is 3.08. The van der Waals surface area contributed by atoms with Gasteiger partial charge in [0.25, 0.3) is 11.5 Å². The zero-order chi connectivity index (χ0) is 20.2. The fourth-order valence-electron chi connectivity index (χ4n) is 2.89. The van der Waals surface area contributed by atoms with Crippen molar-refractivity contribution < 1.29 is 4.79 Å². The van der Waals surface area contributed by atoms with Crippen molar-refractivity contribution in [1.82, 2.24) is 15.2 Å². The van der Waals surface area contributed by atoms with Crippen LogP contribution in [0.2, 0.25) is 5.02 Å². The molecule has 0 unspecified atom stereocenters. The van der Waals surface area contributed by atoms with Crippen molar-refractivity contribution in [2.75, 3.05) is 0 Å². The number of hydrazone groups is 1. The summed E-state index contributed by atoms with van der Waals surface area (Å²) in [5.41, 5.74) is 3.49. The Labute approximate surface area is 171 Å². The average Bonchev–Trinajstić information content (AvgIpc) is 2.76. The van der Waals surface area contributed by atoms with Crippen LogP contribution in [-0.2, 0) is 0 Å². The molecule has 1 heterocycles. The highest BCUT2D eigenvalue weighted by molar-refractivity contribution is 6.33. The molecule has 0 radical (unpaired) electrons. The van der Waals surface area contributed by atoms with E-state index < -0.39 is 5.91 Å². The Hall–Kier alpha value is -3.77. The van der Waals surface area contributed by atoms with Gasteiger partial charge >= 0.3 is 0 Å². The minimum atomic E-state index is -0.533. The van der Waals surface area contributed by atoms with Gasteiger partial charge in [0.15, 0.2) is 5.69 Å². The maximum absolute atomic E-state index is 12.9. The van der Waals surface area contributed by atoms with Crippen molar-refractivity contribution in [3.63, 3.8) is 0 Å². The molecule has 0 saturated heterocycles. The van der Waals surface area contributed by atoms with Gasteiger partial charge in [0, 0.05) is 16.0 Å². The Morgan fingerprint density at radius 3 is 2.34 bits per heavy atom. The lowest BCUT2D eigenvalue weighted by Gasteiger charge is -2.10. The molecule has 0 bridgehead atoms. The van der Waals surface area contributed by atoms with E-state index in [1.54, 1.807) is 66.7 Å². The van der Waals surface area contributed by atoms with Gasteiger partial charge in [0.05, 0.1) is 17.3 Å². The van der Waals surface area contributed by atoms with E-state index in [-0.39, 0.29) is 11.3 Å². The lowest BCUT2D eigenvalue weighted by atomic mass is 10.1. The number of rotatable bonds is 4. The van der Waals surface area contributed by atoms with Crippen molar-refractivity contribution in [1.29, 1.82) is 0 Å². The molecule has 4 rings (SSSR count). The van der Waals surface area contributed by atoms with Crippen LogP contribution in [0.1, 0.15) is 16.1 Å². The molecule has 0 atom stereocenters. The van der Waals surface area contributed by atoms with Gasteiger partial charge < -0.3 is 0 Å². The van der Waals surface area contributed by atoms with Gasteiger partial charge in [-0.25, -0.2) is 5.43 Å². The molecule has 0 spiro atoms. The van der Waals surface area contributed by atoms with E-state index in [4.69, 9.17) is 11.6 Å². The van der Waals surface area contributed by atoms with E-state index in [1.165, 1.54) is 10.9 Å². The predicted molar refractivity (Wildman–Crippen MR) is 114 cm³/mol. The molecule has 0 saturated carbocycles. The highest BCUT2D eigenvalue weighted by Crippen LogP contribution is 2.15. The largest absolute Gasteiger partial charge is 0.292 e. The maximum Gasteiger partial charge on any atom is 0.292 e. The number of hydrogen-bond donors (Lipinski definition) is 1. The molecule has 0 fully saturated rings. The highest BCUT2D eigenvalue weighted by Gasteiger charge is 2.17. The molecule has 3 aromatic carbocycles. The molecule has 0 aliphatic rings. The molecule has 1 amide bonds. The zero-order valence-electron chi connectivity index (χ0n) is 15.1. The third-order valence-electron chi connectivity index (χ3n) is 4.30. The van der Waals surface area contributed by atoms with Gasteiger partial charge in [-0.15, -0.1) is 0 Å². The van der Waals surface area contributed by atoms with Crippen molar-refractivity contribution in [2.24, 2.45) is 5.10 Å². The van der Waals surface area contributed by atoms with Gasteiger partial charge in [-0.3, -0.25) is 9.59 Å². The molecule has 0 aliphatic heterocycles. The van der Waals surface area contributed by atoms with Crippen molar-refractivity contribution in [3.05, 3.63) is 105 Å². The normalized spacial score (nSPS) is 11.1. The zero-order valence-corrected chi connectivity index (χ0v) is 15.9. The third kappa shape index (κ3) is 3.79. The molecular weight excluding hydrogens is 388 g/mol. The van der Waals surface area contributed by atoms with Crippen LogP contribution >= 0.6 is 11.6 Å². The van der Waals surface area contributed by atoms with E-state index in [0.717, 1.165) is 0 Å². The highest BCUT2D eigenvalue weighted by atomic mass is 35.5. The van der Waals surface area contributed by atoms with Gasteiger partial charge in [0.2, 0.25) is 0 Å². The van der Waals surface area contributed by atoms with Crippen LogP contribution in [0.25, 0.3) is 16.5 Å². The van der Waals surface area contributed by atoms with E-state index in [2.05, 4.69) is 15.6 Å². The summed E-state index contributed by atoms with van der Waals surface area (Å²) < 4.78 is 1.22. The first-order valence-corrected chi connectivity index (χ1v) is 9.18. The number of nitrogens with zero attached hydrogens (tertiary/aromatic N) is 3. The number of carbonyl (C=O) groups excluding carboxylic acids is 1. The first-order valence-electron chi connectivity index (χ1n) is 8.80. The second-order valence-corrected chi connectivity index (χ2v) is 6.57. The van der Waals surface area contributed by atoms with Crippen LogP contribution in [0.5, 0.6) is 0 Å². The molecule has 7 heteroatoms. The number of aromatic nitrogens is 2. The molecule has 1 N–H and O–H groups in total. The summed E-state index contributed by atoms with van der Waals surface area (Å²) in [6.45, 7) is 0. The third-order valence-corrected chi connectivity index (χ3v) is 4.64. The second-order valence-electron chi connectivity index (χ2n) is 6.17. The number of amides is 1. The second kappa shape index (κ2) is 8.08. The SMILES string of the molecule is O=C(N/N=C\c1ccccc1Cl)c1nn(-c2ccccc2)c(=O)c2ccccc12. The molecule has 6 nitrogen and oxygen atoms in total. The molecule has 29 heavy (non-hydrogen) atoms. The minimum absolute atomic E-state index is 0.0976. The summed E-state index contributed by atoms with van der Waals surface area (Å²) in [7, 11) is 0. The number of fused-ring (bicyclic) bond motifs is 1. The van der Waals surface area contributed by atoms with Crippen molar-refractivity contribution in [3.8, 4) is 5.69 Å². The molecule has 4 aromatic rings. The average molecular weight is 403 g/mol. The Kier molecular flexibility index (Phi) is 5.18. The molecule has 142 valence electrons. The first-order chi connectivity index (χ1) is 14.1. The van der Waals surface area contributed by atoms with Gasteiger partial charge in [-0.1, -0.05) is 66.2 Å². The Morgan fingerprint density at radius 2 is 1.59 bits per heavy atom. The maximum atomic E-state index is 12.9. The first kappa shape index (κ1) is 18.6. The number of hydrogen-bond acceptors (Lipinski definition) is 4. The lowest BCUT2D eigenvalue weighted by Crippen LogP contribution is -2.28. The van der Waals surface area contributed by atoms with Crippen LogP contribution < -0.4 is 11.0 Å². The van der Waals surface area contributed by atoms with Gasteiger partial charge in [-0.2, -0.15) is 14.9 Å². The Bertz CT molecular complexity index is 1280. The number of halogens is 1. The number of benzene rings is 3. The quantitative estimate of drug-likeness (QED) is 0.416. The monoisotopic (exact) mass is 402 g/mol. The van der Waals surface area contributed by atoms with Crippen LogP contribution in [0, 0.1) is 0 Å². The minimum Gasteiger partial charge on any atom is -0.267 e. The molecule has 0 aliphatic carbocycles. The lowest BCUT2D eigenvalue weighted by molar-refractivity contribution is 0.0950. The summed E-state index contributed by atoms with van der Waals surface area (Å²) in [6, 6.07) is 22.9. The van der Waals surface area contributed by atoms with Crippen LogP contribution in [0.3, 0.4) is 0 Å². The Morgan fingerprint density at radius 1 is 0.931 bits per heavy atom. The van der Waals surface area contributed by atoms with Crippen LogP contribution in [0.4, 0.5) is 0 Å². The standard InChI is InChI=1S/C22H15ClN4O2/c23-19-13-7-4-8-15(19)14-24-25-21(28)20-17-11-5-6-12-18(17)22(29)27(26-20)16-9-2-1-3-10-16/h1-14H,(H,25,28)/b24-14-. The summed E-state index contributed by atoms with van der Waals surface area (Å²) in [4.78, 5) is 25.7. The fraction of sp³-hybridized carbons (Fsp3) is 0. The summed E-state index contributed by atoms with van der Waals surface area (Å²) >= 11 is 6.09. The van der Waals surface area contributed by atoms with Gasteiger partial charge in [-0.05, 0) is 24.3 Å². The van der Waals surface area contributed by atoms with E-state index in [0.29, 0.717) is 27.0 Å². The Balaban J connectivity index is 1.75. The molecular formula is C22H15ClN4O2. The summed E-state index contributed by atoms with van der Waals surface area (Å²) in [5, 5.41) is 9.65. The van der Waals surface area contributed by atoms with Crippen LogP contribution in [0.15, 0.2) is 88.8 Å². The summed E-state index contributed by atoms with van der Waals surface area (Å²) in [5.74, 6) is -0.533. The number of nitrogens with one attached hydrogen (secondary N) is 1. The van der Waals surface area contributed by atoms with E-state index in [1.807, 2.05) is 12.1 Å². The molecule has 1 aromatic heterocycles. The number of para-hydroxylation sites is 1. The van der Waals surface area contributed by atoms with Crippen LogP contribution in [-0.4, -0.2) is 21.9 Å². The number of carbonyl (C=O) groups is 1. The smallest absolute Gasteiger partial charge is 0.267 e. The van der Waals surface area contributed by atoms with Gasteiger partial charge in [0.1, 0.15) is 0 Å². The summed E-state index contributed by atoms with van der Waals surface area (Å²) in [6.07, 6.45) is 1.45. The van der Waals surface area contributed by atoms with E-state index >= 15 is 0 Å². The topological polar surface area (TPSA) is 76.3 Å². The van der Waals surface area contributed by atoms with E-state index in [9.17, 15) is 9.59 Å². The van der Waals surface area contributed by atoms with Crippen molar-refractivity contribution >= 4 is 34.5 Å². The predicted octanol–water partition coefficient (Wildman–Crippen LogP) is 3.80. The van der Waals surface area contributed by atoms with Crippen molar-refractivity contribution in [2.45, 2.75) is 0 Å².